The van der Waals surface area contributed by atoms with Crippen LogP contribution in [0.25, 0.3) is 22.3 Å². The topological polar surface area (TPSA) is 94.2 Å². The number of ether oxygens (including phenoxy) is 1. The molecule has 1 amide bonds. The lowest BCUT2D eigenvalue weighted by atomic mass is 9.88. The molecule has 0 bridgehead atoms. The third-order valence-corrected chi connectivity index (χ3v) is 6.48. The molecule has 0 saturated heterocycles. The lowest BCUT2D eigenvalue weighted by Crippen LogP contribution is -2.46. The molecule has 174 valence electrons. The number of carbonyl (C=O) groups excluding carboxylic acids is 2. The van der Waals surface area contributed by atoms with Crippen LogP contribution in [0.2, 0.25) is 0 Å². The summed E-state index contributed by atoms with van der Waals surface area (Å²) in [5, 5.41) is 19.0. The lowest BCUT2D eigenvalue weighted by molar-refractivity contribution is -0.113. The van der Waals surface area contributed by atoms with Gasteiger partial charge in [-0.2, -0.15) is 10.5 Å². The van der Waals surface area contributed by atoms with Gasteiger partial charge in [0.15, 0.2) is 0 Å². The van der Waals surface area contributed by atoms with E-state index >= 15 is 0 Å². The van der Waals surface area contributed by atoms with Crippen molar-refractivity contribution in [1.29, 1.82) is 10.5 Å². The van der Waals surface area contributed by atoms with Crippen molar-refractivity contribution in [1.82, 2.24) is 0 Å². The van der Waals surface area contributed by atoms with Crippen molar-refractivity contribution < 1.29 is 14.3 Å². The molecule has 2 aliphatic rings. The van der Waals surface area contributed by atoms with Gasteiger partial charge in [-0.05, 0) is 61.7 Å². The van der Waals surface area contributed by atoms with Gasteiger partial charge in [-0.3, -0.25) is 9.69 Å². The van der Waals surface area contributed by atoms with Crippen molar-refractivity contribution in [2.75, 3.05) is 4.90 Å². The van der Waals surface area contributed by atoms with Crippen molar-refractivity contribution in [3.05, 3.63) is 95.1 Å². The monoisotopic (exact) mass is 471 g/mol. The van der Waals surface area contributed by atoms with Gasteiger partial charge in [-0.15, -0.1) is 0 Å². The van der Waals surface area contributed by atoms with Crippen LogP contribution in [0.5, 0.6) is 5.75 Å². The van der Waals surface area contributed by atoms with Crippen molar-refractivity contribution >= 4 is 28.7 Å². The Bertz CT molecular complexity index is 1570. The Kier molecular flexibility index (Phi) is 5.31. The molecule has 0 atom stereocenters. The molecule has 0 aromatic heterocycles. The van der Waals surface area contributed by atoms with Crippen LogP contribution < -0.4 is 9.64 Å². The zero-order valence-electron chi connectivity index (χ0n) is 20.0. The van der Waals surface area contributed by atoms with Gasteiger partial charge in [0.1, 0.15) is 23.5 Å². The number of rotatable bonds is 3. The molecule has 0 radical (unpaired) electrons. The first-order valence-electron chi connectivity index (χ1n) is 11.4. The Labute approximate surface area is 209 Å². The van der Waals surface area contributed by atoms with Crippen molar-refractivity contribution in [2.24, 2.45) is 0 Å². The Hall–Kier alpha value is -4.94. The van der Waals surface area contributed by atoms with E-state index in [0.29, 0.717) is 22.4 Å². The largest absolute Gasteiger partial charge is 0.423 e. The fourth-order valence-electron chi connectivity index (χ4n) is 4.92. The Morgan fingerprint density at radius 2 is 1.53 bits per heavy atom. The number of esters is 1. The summed E-state index contributed by atoms with van der Waals surface area (Å²) in [5.74, 6) is -0.735. The van der Waals surface area contributed by atoms with Gasteiger partial charge < -0.3 is 4.74 Å². The second-order valence-electron chi connectivity index (χ2n) is 9.30. The fraction of sp³-hybridized carbons (Fsp3) is 0.133. The van der Waals surface area contributed by atoms with Crippen LogP contribution in [0, 0.1) is 22.7 Å². The van der Waals surface area contributed by atoms with Gasteiger partial charge in [0.05, 0.1) is 22.4 Å². The maximum atomic E-state index is 13.4. The second-order valence-corrected chi connectivity index (χ2v) is 9.30. The standard InChI is InChI=1S/C30H21N3O3/c1-18-15-30(2,3)33-27-24(18)13-23(14-25(27)26(28(33)34)22(16-31)17-32)36-29(35)21-11-9-20(10-12-21)19-7-5-4-6-8-19/h4-15H,1-3H3. The molecular weight excluding hydrogens is 450 g/mol. The van der Waals surface area contributed by atoms with Crippen LogP contribution in [0.1, 0.15) is 42.3 Å². The highest BCUT2D eigenvalue weighted by Gasteiger charge is 2.46. The summed E-state index contributed by atoms with van der Waals surface area (Å²) in [5.41, 5.74) is 4.15. The number of amides is 1. The molecule has 3 aromatic rings. The molecule has 2 aliphatic heterocycles. The Morgan fingerprint density at radius 1 is 0.917 bits per heavy atom. The number of hydrogen-bond donors (Lipinski definition) is 0. The summed E-state index contributed by atoms with van der Waals surface area (Å²) >= 11 is 0. The number of anilines is 1. The molecule has 0 unspecified atom stereocenters. The molecule has 0 N–H and O–H groups in total. The predicted octanol–water partition coefficient (Wildman–Crippen LogP) is 5.92. The molecule has 6 heteroatoms. The van der Waals surface area contributed by atoms with E-state index in [1.807, 2.05) is 81.5 Å². The van der Waals surface area contributed by atoms with Crippen molar-refractivity contribution in [2.45, 2.75) is 26.3 Å². The zero-order chi connectivity index (χ0) is 25.6. The summed E-state index contributed by atoms with van der Waals surface area (Å²) in [7, 11) is 0. The van der Waals surface area contributed by atoms with E-state index in [4.69, 9.17) is 4.74 Å². The molecule has 36 heavy (non-hydrogen) atoms. The molecule has 0 aliphatic carbocycles. The number of nitrogens with zero attached hydrogens (tertiary/aromatic N) is 3. The number of nitriles is 2. The molecule has 2 heterocycles. The minimum Gasteiger partial charge on any atom is -0.423 e. The van der Waals surface area contributed by atoms with Crippen LogP contribution in [0.15, 0.2) is 78.4 Å². The second kappa shape index (κ2) is 8.37. The smallest absolute Gasteiger partial charge is 0.343 e. The van der Waals surface area contributed by atoms with Crippen molar-refractivity contribution in [3.63, 3.8) is 0 Å². The van der Waals surface area contributed by atoms with Gasteiger partial charge >= 0.3 is 5.97 Å². The number of benzene rings is 3. The summed E-state index contributed by atoms with van der Waals surface area (Å²) in [6.45, 7) is 5.72. The predicted molar refractivity (Wildman–Crippen MR) is 137 cm³/mol. The number of carbonyl (C=O) groups is 2. The minimum absolute atomic E-state index is 0.0255. The van der Waals surface area contributed by atoms with E-state index in [-0.39, 0.29) is 16.9 Å². The van der Waals surface area contributed by atoms with E-state index in [2.05, 4.69) is 0 Å². The van der Waals surface area contributed by atoms with Gasteiger partial charge in [-0.1, -0.05) is 48.5 Å². The first kappa shape index (κ1) is 22.8. The van der Waals surface area contributed by atoms with Crippen LogP contribution >= 0.6 is 0 Å². The van der Waals surface area contributed by atoms with E-state index in [1.165, 1.54) is 0 Å². The van der Waals surface area contributed by atoms with Crippen LogP contribution in [-0.4, -0.2) is 17.4 Å². The lowest BCUT2D eigenvalue weighted by Gasteiger charge is -2.38. The molecule has 0 fully saturated rings. The SMILES string of the molecule is CC1=CC(C)(C)N2C(=O)C(=C(C#N)C#N)c3cc(OC(=O)c4ccc(-c5ccccc5)cc4)cc1c32. The average molecular weight is 472 g/mol. The molecule has 6 nitrogen and oxygen atoms in total. The fourth-order valence-corrected chi connectivity index (χ4v) is 4.92. The summed E-state index contributed by atoms with van der Waals surface area (Å²) < 4.78 is 5.72. The van der Waals surface area contributed by atoms with Gasteiger partial charge in [0.25, 0.3) is 5.91 Å². The van der Waals surface area contributed by atoms with E-state index in [9.17, 15) is 20.1 Å². The molecular formula is C30H21N3O3. The highest BCUT2D eigenvalue weighted by atomic mass is 16.5. The minimum atomic E-state index is -0.653. The zero-order valence-corrected chi connectivity index (χ0v) is 20.0. The Balaban J connectivity index is 1.55. The van der Waals surface area contributed by atoms with E-state index in [0.717, 1.165) is 16.7 Å². The third-order valence-electron chi connectivity index (χ3n) is 6.48. The van der Waals surface area contributed by atoms with Crippen LogP contribution in [0.4, 0.5) is 5.69 Å². The maximum Gasteiger partial charge on any atom is 0.343 e. The highest BCUT2D eigenvalue weighted by Crippen LogP contribution is 2.51. The van der Waals surface area contributed by atoms with Gasteiger partial charge in [0.2, 0.25) is 0 Å². The van der Waals surface area contributed by atoms with Gasteiger partial charge in [0, 0.05) is 11.1 Å². The summed E-state index contributed by atoms with van der Waals surface area (Å²) in [4.78, 5) is 28.0. The Morgan fingerprint density at radius 3 is 2.17 bits per heavy atom. The maximum absolute atomic E-state index is 13.4. The first-order valence-corrected chi connectivity index (χ1v) is 11.4. The summed E-state index contributed by atoms with van der Waals surface area (Å²) in [6, 6.07) is 23.9. The van der Waals surface area contributed by atoms with E-state index in [1.54, 1.807) is 29.2 Å². The highest BCUT2D eigenvalue weighted by molar-refractivity contribution is 6.36. The van der Waals surface area contributed by atoms with Crippen LogP contribution in [-0.2, 0) is 4.79 Å². The van der Waals surface area contributed by atoms with Crippen LogP contribution in [0.3, 0.4) is 0 Å². The third kappa shape index (κ3) is 3.57. The van der Waals surface area contributed by atoms with E-state index < -0.39 is 17.4 Å². The quantitative estimate of drug-likeness (QED) is 0.205. The number of hydrogen-bond acceptors (Lipinski definition) is 5. The van der Waals surface area contributed by atoms with Gasteiger partial charge in [-0.25, -0.2) is 4.79 Å². The first-order chi connectivity index (χ1) is 17.2. The number of allylic oxidation sites excluding steroid dienone is 2. The molecule has 0 saturated carbocycles. The molecule has 5 rings (SSSR count). The normalized spacial score (nSPS) is 14.9. The summed E-state index contributed by atoms with van der Waals surface area (Å²) in [6.07, 6.45) is 1.95. The average Bonchev–Trinajstić information content (AvgIpc) is 3.17. The molecule has 0 spiro atoms. The molecule has 3 aromatic carbocycles. The van der Waals surface area contributed by atoms with Crippen molar-refractivity contribution in [3.8, 4) is 29.0 Å².